The first-order valence-corrected chi connectivity index (χ1v) is 10.8. The summed E-state index contributed by atoms with van der Waals surface area (Å²) in [5.41, 5.74) is 0.328. The number of carbonyl (C=O) groups excluding carboxylic acids is 1. The smallest absolute Gasteiger partial charge is 0.201 e. The highest BCUT2D eigenvalue weighted by molar-refractivity contribution is 8.00. The van der Waals surface area contributed by atoms with Crippen LogP contribution in [0, 0.1) is 11.6 Å². The van der Waals surface area contributed by atoms with E-state index < -0.39 is 23.0 Å². The fraction of sp³-hybridized carbons (Fsp3) is 0.136. The van der Waals surface area contributed by atoms with Gasteiger partial charge in [-0.15, -0.1) is 0 Å². The van der Waals surface area contributed by atoms with Gasteiger partial charge < -0.3 is 20.1 Å². The van der Waals surface area contributed by atoms with Gasteiger partial charge in [-0.1, -0.05) is 18.9 Å². The van der Waals surface area contributed by atoms with Crippen molar-refractivity contribution < 1.29 is 18.7 Å². The average molecular weight is 455 g/mol. The molecule has 0 bridgehead atoms. The standard InChI is InChI=1S/C22H19F2N5O2S/c1-2-9-32-29-16-8-7-15(23)18(19(16)24)20(31)14-10-25-21-17(14)22(27-11-26-21)28-12-3-5-13(30)6-4-12/h3-8,10-11,29-30H,2,9H2,1H3,(H2,25,26,27,28). The van der Waals surface area contributed by atoms with Crippen LogP contribution in [-0.4, -0.2) is 31.6 Å². The van der Waals surface area contributed by atoms with Crippen molar-refractivity contribution in [2.24, 2.45) is 0 Å². The average Bonchev–Trinajstić information content (AvgIpc) is 3.22. The van der Waals surface area contributed by atoms with Crippen molar-refractivity contribution in [2.75, 3.05) is 15.8 Å². The van der Waals surface area contributed by atoms with Gasteiger partial charge in [-0.05, 0) is 42.8 Å². The number of nitrogens with one attached hydrogen (secondary N) is 3. The van der Waals surface area contributed by atoms with Gasteiger partial charge in [0.1, 0.15) is 29.4 Å². The second-order valence-corrected chi connectivity index (χ2v) is 7.78. The van der Waals surface area contributed by atoms with E-state index in [1.165, 1.54) is 42.7 Å². The molecule has 4 N–H and O–H groups in total. The van der Waals surface area contributed by atoms with E-state index in [2.05, 4.69) is 25.0 Å². The Kier molecular flexibility index (Phi) is 6.22. The van der Waals surface area contributed by atoms with Crippen LogP contribution in [0.2, 0.25) is 0 Å². The Morgan fingerprint density at radius 2 is 1.94 bits per heavy atom. The van der Waals surface area contributed by atoms with Crippen molar-refractivity contribution in [1.29, 1.82) is 0 Å². The number of aromatic hydroxyl groups is 1. The summed E-state index contributed by atoms with van der Waals surface area (Å²) in [6, 6.07) is 8.56. The molecular formula is C22H19F2N5O2S. The van der Waals surface area contributed by atoms with Crippen LogP contribution in [-0.2, 0) is 0 Å². The van der Waals surface area contributed by atoms with Crippen LogP contribution in [0.3, 0.4) is 0 Å². The summed E-state index contributed by atoms with van der Waals surface area (Å²) in [6.07, 6.45) is 3.53. The van der Waals surface area contributed by atoms with Crippen molar-refractivity contribution in [3.8, 4) is 5.75 Å². The molecule has 0 aliphatic carbocycles. The molecule has 7 nitrogen and oxygen atoms in total. The number of H-pyrrole nitrogens is 1. The Morgan fingerprint density at radius 1 is 1.16 bits per heavy atom. The number of carbonyl (C=O) groups is 1. The Balaban J connectivity index is 1.75. The predicted molar refractivity (Wildman–Crippen MR) is 121 cm³/mol. The molecule has 4 aromatic rings. The minimum atomic E-state index is -0.960. The molecule has 2 heterocycles. The first-order valence-electron chi connectivity index (χ1n) is 9.78. The Bertz CT molecular complexity index is 1280. The Hall–Kier alpha value is -3.66. The lowest BCUT2D eigenvalue weighted by Gasteiger charge is -2.11. The van der Waals surface area contributed by atoms with Gasteiger partial charge in [0.2, 0.25) is 5.78 Å². The Labute approximate surface area is 186 Å². The molecule has 0 saturated carbocycles. The quantitative estimate of drug-likeness (QED) is 0.122. The summed E-state index contributed by atoms with van der Waals surface area (Å²) in [5.74, 6) is -1.66. The number of halogens is 2. The SMILES string of the molecule is CCCSNc1ccc(F)c(C(=O)c2c[nH]c3ncnc(Nc4ccc(O)cc4)c23)c1F. The lowest BCUT2D eigenvalue weighted by molar-refractivity contribution is 0.103. The zero-order valence-electron chi connectivity index (χ0n) is 16.9. The van der Waals surface area contributed by atoms with Crippen molar-refractivity contribution >= 4 is 46.0 Å². The van der Waals surface area contributed by atoms with Gasteiger partial charge in [-0.25, -0.2) is 18.7 Å². The van der Waals surface area contributed by atoms with Gasteiger partial charge in [-0.2, -0.15) is 0 Å². The van der Waals surface area contributed by atoms with E-state index in [1.54, 1.807) is 12.1 Å². The molecule has 32 heavy (non-hydrogen) atoms. The number of ketones is 1. The van der Waals surface area contributed by atoms with E-state index in [4.69, 9.17) is 0 Å². The molecule has 0 fully saturated rings. The van der Waals surface area contributed by atoms with Crippen LogP contribution in [0.1, 0.15) is 29.3 Å². The first kappa shape index (κ1) is 21.6. The second-order valence-electron chi connectivity index (χ2n) is 6.88. The van der Waals surface area contributed by atoms with Gasteiger partial charge in [0, 0.05) is 17.6 Å². The first-order chi connectivity index (χ1) is 15.5. The van der Waals surface area contributed by atoms with Gasteiger partial charge in [0.25, 0.3) is 0 Å². The van der Waals surface area contributed by atoms with Crippen LogP contribution in [0.5, 0.6) is 5.75 Å². The molecular weight excluding hydrogens is 436 g/mol. The predicted octanol–water partition coefficient (Wildman–Crippen LogP) is 5.39. The molecule has 2 aromatic carbocycles. The Morgan fingerprint density at radius 3 is 2.69 bits per heavy atom. The number of nitrogens with zero attached hydrogens (tertiary/aromatic N) is 2. The summed E-state index contributed by atoms with van der Waals surface area (Å²) in [4.78, 5) is 24.4. The van der Waals surface area contributed by atoms with Crippen molar-refractivity contribution in [2.45, 2.75) is 13.3 Å². The minimum absolute atomic E-state index is 0.0260. The second kappa shape index (κ2) is 9.23. The van der Waals surface area contributed by atoms with Gasteiger partial charge in [-0.3, -0.25) is 4.79 Å². The molecule has 0 atom stereocenters. The summed E-state index contributed by atoms with van der Waals surface area (Å²) in [5, 5.41) is 12.8. The molecule has 0 radical (unpaired) electrons. The minimum Gasteiger partial charge on any atom is -0.508 e. The van der Waals surface area contributed by atoms with Crippen LogP contribution in [0.15, 0.2) is 48.9 Å². The van der Waals surface area contributed by atoms with Crippen molar-refractivity contribution in [1.82, 2.24) is 15.0 Å². The third-order valence-corrected chi connectivity index (χ3v) is 5.63. The summed E-state index contributed by atoms with van der Waals surface area (Å²) in [6.45, 7) is 1.98. The molecule has 0 spiro atoms. The highest BCUT2D eigenvalue weighted by Crippen LogP contribution is 2.31. The fourth-order valence-electron chi connectivity index (χ4n) is 3.12. The number of anilines is 3. The molecule has 10 heteroatoms. The van der Waals surface area contributed by atoms with Crippen LogP contribution in [0.25, 0.3) is 11.0 Å². The lowest BCUT2D eigenvalue weighted by Crippen LogP contribution is -2.10. The number of aromatic nitrogens is 3. The number of hydrogen-bond acceptors (Lipinski definition) is 7. The van der Waals surface area contributed by atoms with Crippen LogP contribution >= 0.6 is 11.9 Å². The number of benzene rings is 2. The fourth-order valence-corrected chi connectivity index (χ4v) is 3.74. The zero-order chi connectivity index (χ0) is 22.7. The lowest BCUT2D eigenvalue weighted by atomic mass is 10.0. The summed E-state index contributed by atoms with van der Waals surface area (Å²) >= 11 is 1.27. The molecule has 0 unspecified atom stereocenters. The maximum absolute atomic E-state index is 15.1. The molecule has 2 aromatic heterocycles. The summed E-state index contributed by atoms with van der Waals surface area (Å²) in [7, 11) is 0. The zero-order valence-corrected chi connectivity index (χ0v) is 17.8. The van der Waals surface area contributed by atoms with E-state index in [-0.39, 0.29) is 22.8 Å². The molecule has 0 aliphatic heterocycles. The number of phenolic OH excluding ortho intramolecular Hbond substituents is 1. The number of phenols is 1. The molecule has 164 valence electrons. The third-order valence-electron chi connectivity index (χ3n) is 4.65. The van der Waals surface area contributed by atoms with Crippen LogP contribution in [0.4, 0.5) is 26.0 Å². The highest BCUT2D eigenvalue weighted by Gasteiger charge is 2.26. The number of rotatable bonds is 8. The third kappa shape index (κ3) is 4.22. The highest BCUT2D eigenvalue weighted by atomic mass is 32.2. The normalized spacial score (nSPS) is 11.0. The van der Waals surface area contributed by atoms with E-state index in [9.17, 15) is 14.3 Å². The number of fused-ring (bicyclic) bond motifs is 1. The number of aromatic amines is 1. The maximum Gasteiger partial charge on any atom is 0.201 e. The monoisotopic (exact) mass is 455 g/mol. The number of hydrogen-bond donors (Lipinski definition) is 4. The molecule has 0 amide bonds. The van der Waals surface area contributed by atoms with E-state index >= 15 is 4.39 Å². The largest absolute Gasteiger partial charge is 0.508 e. The topological polar surface area (TPSA) is 103 Å². The van der Waals surface area contributed by atoms with Gasteiger partial charge in [0.15, 0.2) is 5.82 Å². The van der Waals surface area contributed by atoms with Crippen LogP contribution < -0.4 is 10.0 Å². The summed E-state index contributed by atoms with van der Waals surface area (Å²) < 4.78 is 32.5. The molecule has 0 saturated heterocycles. The molecule has 4 rings (SSSR count). The van der Waals surface area contributed by atoms with Gasteiger partial charge in [0.05, 0.1) is 22.2 Å². The van der Waals surface area contributed by atoms with Crippen molar-refractivity contribution in [3.05, 3.63) is 71.7 Å². The van der Waals surface area contributed by atoms with E-state index in [1.807, 2.05) is 6.92 Å². The van der Waals surface area contributed by atoms with Crippen molar-refractivity contribution in [3.63, 3.8) is 0 Å². The molecule has 0 aliphatic rings. The van der Waals surface area contributed by atoms with E-state index in [0.717, 1.165) is 18.2 Å². The maximum atomic E-state index is 15.1. The van der Waals surface area contributed by atoms with E-state index in [0.29, 0.717) is 16.7 Å². The van der Waals surface area contributed by atoms with Gasteiger partial charge >= 0.3 is 0 Å².